The lowest BCUT2D eigenvalue weighted by molar-refractivity contribution is -0.596. The molecule has 6 nitrogen and oxygen atoms in total. The second-order valence-electron chi connectivity index (χ2n) is 8.72. The Morgan fingerprint density at radius 2 is 1.03 bits per heavy atom. The van der Waals surface area contributed by atoms with E-state index in [0.717, 1.165) is 22.5 Å². The number of aromatic nitrogens is 2. The average Bonchev–Trinajstić information content (AvgIpc) is 2.93. The first kappa shape index (κ1) is 24.5. The molecule has 3 aromatic carbocycles. The molecule has 0 unspecified atom stereocenters. The normalized spacial score (nSPS) is 11.3. The van der Waals surface area contributed by atoms with Crippen LogP contribution in [-0.2, 0) is 10.7 Å². The number of pyridine rings is 2. The molecule has 0 saturated heterocycles. The van der Waals surface area contributed by atoms with E-state index in [1.165, 1.54) is 0 Å². The fraction of sp³-hybridized carbons (Fsp3) is 0.0333. The van der Waals surface area contributed by atoms with Crippen LogP contribution in [0, 0.1) is 0 Å². The highest BCUT2D eigenvalue weighted by atomic mass is 31.2. The lowest BCUT2D eigenvalue weighted by Crippen LogP contribution is -2.29. The van der Waals surface area contributed by atoms with Crippen molar-refractivity contribution in [2.24, 2.45) is 0 Å². The van der Waals surface area contributed by atoms with Gasteiger partial charge in [-0.05, 0) is 28.8 Å². The molecule has 0 amide bonds. The monoisotopic (exact) mass is 508 g/mol. The van der Waals surface area contributed by atoms with Crippen molar-refractivity contribution in [1.29, 1.82) is 0 Å². The molecular weight excluding hydrogens is 483 g/mol. The maximum atomic E-state index is 12.6. The highest BCUT2D eigenvalue weighted by molar-refractivity contribution is 7.50. The van der Waals surface area contributed by atoms with Gasteiger partial charge in [0.25, 0.3) is 0 Å². The lowest BCUT2D eigenvalue weighted by atomic mass is 10.0. The Balaban J connectivity index is 1.28. The summed E-state index contributed by atoms with van der Waals surface area (Å²) in [5, 5.41) is 0. The van der Waals surface area contributed by atoms with Gasteiger partial charge in [0.1, 0.15) is 0 Å². The topological polar surface area (TPSA) is 82.4 Å². The van der Waals surface area contributed by atoms with E-state index < -0.39 is 7.60 Å². The van der Waals surface area contributed by atoms with Gasteiger partial charge in [0.05, 0.1) is 6.16 Å². The third-order valence-corrected chi connectivity index (χ3v) is 6.86. The maximum absolute atomic E-state index is 12.6. The molecule has 0 saturated carbocycles. The van der Waals surface area contributed by atoms with Crippen LogP contribution in [0.5, 0.6) is 0 Å². The van der Waals surface area contributed by atoms with Crippen molar-refractivity contribution in [2.45, 2.75) is 6.16 Å². The Kier molecular flexibility index (Phi) is 6.89. The van der Waals surface area contributed by atoms with Crippen molar-refractivity contribution < 1.29 is 28.3 Å². The van der Waals surface area contributed by atoms with Crippen LogP contribution in [0.4, 0.5) is 0 Å². The minimum Gasteiger partial charge on any atom is -0.324 e. The molecular formula is C30H25N2O4P+2. The summed E-state index contributed by atoms with van der Waals surface area (Å²) in [5.74, 6) is 0.00546. The Morgan fingerprint density at radius 3 is 1.49 bits per heavy atom. The third-order valence-electron chi connectivity index (χ3n) is 6.08. The molecule has 182 valence electrons. The zero-order chi connectivity index (χ0) is 25.8. The summed E-state index contributed by atoms with van der Waals surface area (Å²) in [4.78, 5) is 30.9. The van der Waals surface area contributed by atoms with Crippen molar-refractivity contribution in [3.05, 3.63) is 145 Å². The Morgan fingerprint density at radius 1 is 0.595 bits per heavy atom. The quantitative estimate of drug-likeness (QED) is 0.188. The molecule has 7 heteroatoms. The number of hydrogen-bond donors (Lipinski definition) is 2. The molecule has 0 fully saturated rings. The number of hydrogen-bond acceptors (Lipinski definition) is 2. The summed E-state index contributed by atoms with van der Waals surface area (Å²) in [7, 11) is -4.08. The molecule has 5 rings (SSSR count). The van der Waals surface area contributed by atoms with Crippen molar-refractivity contribution in [3.63, 3.8) is 0 Å². The number of rotatable bonds is 7. The van der Waals surface area contributed by atoms with Crippen LogP contribution in [0.25, 0.3) is 22.5 Å². The molecule has 2 N–H and O–H groups in total. The molecule has 2 heterocycles. The van der Waals surface area contributed by atoms with E-state index in [0.29, 0.717) is 16.7 Å². The number of ketones is 1. The predicted octanol–water partition coefficient (Wildman–Crippen LogP) is 4.82. The molecule has 0 aliphatic heterocycles. The lowest BCUT2D eigenvalue weighted by Gasteiger charge is -2.04. The first-order valence-electron chi connectivity index (χ1n) is 11.7. The molecule has 2 aromatic heterocycles. The number of carbonyl (C=O) groups excluding carboxylic acids is 1. The van der Waals surface area contributed by atoms with Crippen LogP contribution in [0.15, 0.2) is 128 Å². The van der Waals surface area contributed by atoms with Gasteiger partial charge in [0.2, 0.25) is 11.4 Å². The molecule has 0 radical (unpaired) electrons. The van der Waals surface area contributed by atoms with Gasteiger partial charge in [-0.3, -0.25) is 9.36 Å². The molecule has 37 heavy (non-hydrogen) atoms. The van der Waals surface area contributed by atoms with Crippen LogP contribution in [0.1, 0.15) is 21.5 Å². The molecule has 5 aromatic rings. The summed E-state index contributed by atoms with van der Waals surface area (Å²) in [6, 6.07) is 32.1. The fourth-order valence-electron chi connectivity index (χ4n) is 4.13. The SMILES string of the molecule is O=C(c1ccccc1)c1ccc(-[n+]2ccc(-c3cc[n+](-c4ccc(CP(=O)(O)O)cc4)cc3)cc2)cc1. The first-order valence-corrected chi connectivity index (χ1v) is 13.5. The molecule has 0 aliphatic carbocycles. The molecule has 0 atom stereocenters. The van der Waals surface area contributed by atoms with E-state index in [-0.39, 0.29) is 11.9 Å². The van der Waals surface area contributed by atoms with Gasteiger partial charge in [0.15, 0.2) is 30.6 Å². The van der Waals surface area contributed by atoms with Gasteiger partial charge >= 0.3 is 7.60 Å². The third kappa shape index (κ3) is 5.96. The minimum absolute atomic E-state index is 0.00546. The van der Waals surface area contributed by atoms with Gasteiger partial charge in [0, 0.05) is 59.7 Å². The van der Waals surface area contributed by atoms with Crippen LogP contribution in [-0.4, -0.2) is 15.6 Å². The van der Waals surface area contributed by atoms with E-state index in [2.05, 4.69) is 0 Å². The summed E-state index contributed by atoms with van der Waals surface area (Å²) < 4.78 is 15.1. The minimum atomic E-state index is -4.08. The summed E-state index contributed by atoms with van der Waals surface area (Å²) in [5.41, 5.74) is 5.92. The number of carbonyl (C=O) groups is 1. The number of benzene rings is 3. The van der Waals surface area contributed by atoms with E-state index in [1.807, 2.05) is 125 Å². The van der Waals surface area contributed by atoms with Gasteiger partial charge in [-0.1, -0.05) is 42.5 Å². The van der Waals surface area contributed by atoms with Gasteiger partial charge in [-0.15, -0.1) is 0 Å². The van der Waals surface area contributed by atoms with Gasteiger partial charge in [-0.2, -0.15) is 9.13 Å². The average molecular weight is 509 g/mol. The zero-order valence-electron chi connectivity index (χ0n) is 19.9. The van der Waals surface area contributed by atoms with Crippen LogP contribution < -0.4 is 9.13 Å². The summed E-state index contributed by atoms with van der Waals surface area (Å²) in [6.07, 6.45) is 7.63. The predicted molar refractivity (Wildman–Crippen MR) is 141 cm³/mol. The van der Waals surface area contributed by atoms with Crippen LogP contribution >= 0.6 is 7.60 Å². The Hall–Kier alpha value is -4.22. The smallest absolute Gasteiger partial charge is 0.324 e. The Bertz CT molecular complexity index is 1560. The second-order valence-corrected chi connectivity index (χ2v) is 10.4. The summed E-state index contributed by atoms with van der Waals surface area (Å²) >= 11 is 0. The van der Waals surface area contributed by atoms with Gasteiger partial charge < -0.3 is 9.79 Å². The van der Waals surface area contributed by atoms with Crippen LogP contribution in [0.2, 0.25) is 0 Å². The van der Waals surface area contributed by atoms with E-state index in [4.69, 9.17) is 9.79 Å². The maximum Gasteiger partial charge on any atom is 0.329 e. The Labute approximate surface area is 214 Å². The van der Waals surface area contributed by atoms with Crippen LogP contribution in [0.3, 0.4) is 0 Å². The second kappa shape index (κ2) is 10.4. The van der Waals surface area contributed by atoms with Crippen molar-refractivity contribution in [1.82, 2.24) is 0 Å². The van der Waals surface area contributed by atoms with E-state index in [9.17, 15) is 9.36 Å². The van der Waals surface area contributed by atoms with Crippen molar-refractivity contribution >= 4 is 13.4 Å². The molecule has 0 aliphatic rings. The number of nitrogens with zero attached hydrogens (tertiary/aromatic N) is 2. The molecule has 0 bridgehead atoms. The largest absolute Gasteiger partial charge is 0.329 e. The zero-order valence-corrected chi connectivity index (χ0v) is 20.8. The van der Waals surface area contributed by atoms with Crippen molar-refractivity contribution in [3.8, 4) is 22.5 Å². The summed E-state index contributed by atoms with van der Waals surface area (Å²) in [6.45, 7) is 0. The fourth-order valence-corrected chi connectivity index (χ4v) is 4.82. The van der Waals surface area contributed by atoms with Crippen molar-refractivity contribution in [2.75, 3.05) is 0 Å². The van der Waals surface area contributed by atoms with E-state index in [1.54, 1.807) is 12.1 Å². The molecule has 0 spiro atoms. The standard InChI is InChI=1S/C30H23N2O4P/c33-30(26-4-2-1-3-5-26)27-8-12-29(13-9-27)32-20-16-25(17-21-32)24-14-18-31(19-15-24)28-10-6-23(7-11-28)22-37(34,35)36/h1-21H,22H2/p+2. The highest BCUT2D eigenvalue weighted by Gasteiger charge is 2.15. The first-order chi connectivity index (χ1) is 17.9. The van der Waals surface area contributed by atoms with E-state index >= 15 is 0 Å². The van der Waals surface area contributed by atoms with Gasteiger partial charge in [-0.25, -0.2) is 0 Å². The highest BCUT2D eigenvalue weighted by Crippen LogP contribution is 2.38.